The summed E-state index contributed by atoms with van der Waals surface area (Å²) in [6.45, 7) is 1.93. The number of nitrogens with zero attached hydrogens (tertiary/aromatic N) is 1. The topological polar surface area (TPSA) is 20.3 Å². The van der Waals surface area contributed by atoms with E-state index in [1.165, 1.54) is 6.42 Å². The number of rotatable bonds is 1. The molecule has 0 unspecified atom stereocenters. The molecule has 0 aromatic heterocycles. The van der Waals surface area contributed by atoms with Crippen molar-refractivity contribution >= 4 is 27.5 Å². The number of hydrogen-bond donors (Lipinski definition) is 0. The molecule has 0 aromatic carbocycles. The van der Waals surface area contributed by atoms with E-state index >= 15 is 0 Å². The van der Waals surface area contributed by atoms with Gasteiger partial charge in [-0.1, -0.05) is 28.0 Å². The number of hydrogen-bond acceptors (Lipinski definition) is 3. The van der Waals surface area contributed by atoms with Crippen molar-refractivity contribution in [2.24, 2.45) is 5.92 Å². The second-order valence-electron chi connectivity index (χ2n) is 3.60. The third-order valence-corrected chi connectivity index (χ3v) is 5.10. The lowest BCUT2D eigenvalue weighted by Crippen LogP contribution is -2.40. The highest BCUT2D eigenvalue weighted by Gasteiger charge is 2.29. The van der Waals surface area contributed by atoms with Crippen LogP contribution in [0.3, 0.4) is 0 Å². The minimum absolute atomic E-state index is 0.382. The molecule has 0 spiro atoms. The van der Waals surface area contributed by atoms with E-state index in [0.717, 1.165) is 37.4 Å². The van der Waals surface area contributed by atoms with E-state index in [2.05, 4.69) is 4.90 Å². The van der Waals surface area contributed by atoms with E-state index in [1.807, 2.05) is 21.6 Å². The first-order valence-electron chi connectivity index (χ1n) is 4.91. The molecule has 74 valence electrons. The van der Waals surface area contributed by atoms with Crippen molar-refractivity contribution in [1.82, 2.24) is 4.90 Å². The Kier molecular flexibility index (Phi) is 3.44. The molecule has 0 N–H and O–H groups in total. The van der Waals surface area contributed by atoms with E-state index < -0.39 is 0 Å². The van der Waals surface area contributed by atoms with Gasteiger partial charge in [0.2, 0.25) is 5.91 Å². The van der Waals surface area contributed by atoms with Crippen LogP contribution in [0.15, 0.2) is 0 Å². The second-order valence-corrected chi connectivity index (χ2v) is 6.30. The van der Waals surface area contributed by atoms with Crippen molar-refractivity contribution in [3.05, 3.63) is 0 Å². The lowest BCUT2D eigenvalue weighted by atomic mass is 9.84. The minimum Gasteiger partial charge on any atom is -0.341 e. The molecule has 1 amide bonds. The Bertz CT molecular complexity index is 186. The lowest BCUT2D eigenvalue weighted by molar-refractivity contribution is -0.137. The summed E-state index contributed by atoms with van der Waals surface area (Å²) in [6.07, 6.45) is 3.53. The van der Waals surface area contributed by atoms with Crippen LogP contribution in [0.4, 0.5) is 0 Å². The molecule has 0 aromatic rings. The predicted octanol–water partition coefficient (Wildman–Crippen LogP) is 2.01. The highest BCUT2D eigenvalue weighted by Crippen LogP contribution is 2.30. The lowest BCUT2D eigenvalue weighted by Gasteiger charge is -2.30. The van der Waals surface area contributed by atoms with Gasteiger partial charge in [-0.2, -0.15) is 0 Å². The summed E-state index contributed by atoms with van der Waals surface area (Å²) in [5, 5.41) is 0. The molecule has 4 heteroatoms. The molecule has 2 aliphatic rings. The Morgan fingerprint density at radius 3 is 2.23 bits per heavy atom. The third kappa shape index (κ3) is 2.34. The fourth-order valence-corrected chi connectivity index (χ4v) is 3.64. The molecule has 2 nitrogen and oxygen atoms in total. The molecule has 13 heavy (non-hydrogen) atoms. The van der Waals surface area contributed by atoms with Crippen LogP contribution in [0.25, 0.3) is 0 Å². The summed E-state index contributed by atoms with van der Waals surface area (Å²) >= 11 is 0. The van der Waals surface area contributed by atoms with E-state index in [0.29, 0.717) is 11.8 Å². The Morgan fingerprint density at radius 2 is 1.77 bits per heavy atom. The zero-order valence-electron chi connectivity index (χ0n) is 7.70. The van der Waals surface area contributed by atoms with Gasteiger partial charge in [-0.05, 0) is 12.8 Å². The van der Waals surface area contributed by atoms with Gasteiger partial charge in [-0.25, -0.2) is 0 Å². The molecule has 1 saturated heterocycles. The predicted molar refractivity (Wildman–Crippen MR) is 58.8 cm³/mol. The summed E-state index contributed by atoms with van der Waals surface area (Å²) in [5.41, 5.74) is 0. The number of carbonyl (C=O) groups is 1. The molecule has 0 bridgehead atoms. The Hall–Kier alpha value is 0.170. The first kappa shape index (κ1) is 9.71. The summed E-state index contributed by atoms with van der Waals surface area (Å²) in [6, 6.07) is 0. The molecule has 2 rings (SSSR count). The standard InChI is InChI=1S/C9H15NOS2/c11-9(8-2-1-3-8)10-4-6-12-13-7-5-10/h8H,1-7H2. The van der Waals surface area contributed by atoms with Crippen molar-refractivity contribution in [2.45, 2.75) is 19.3 Å². The van der Waals surface area contributed by atoms with Crippen LogP contribution < -0.4 is 0 Å². The van der Waals surface area contributed by atoms with Gasteiger partial charge in [-0.3, -0.25) is 4.79 Å². The first-order valence-corrected chi connectivity index (χ1v) is 7.40. The van der Waals surface area contributed by atoms with Gasteiger partial charge in [0.25, 0.3) is 0 Å². The quantitative estimate of drug-likeness (QED) is 0.627. The van der Waals surface area contributed by atoms with E-state index in [1.54, 1.807) is 0 Å². The minimum atomic E-state index is 0.382. The average Bonchev–Trinajstić information content (AvgIpc) is 2.27. The summed E-state index contributed by atoms with van der Waals surface area (Å²) in [4.78, 5) is 13.9. The van der Waals surface area contributed by atoms with E-state index in [9.17, 15) is 4.79 Å². The highest BCUT2D eigenvalue weighted by molar-refractivity contribution is 8.76. The molecule has 0 atom stereocenters. The van der Waals surface area contributed by atoms with Gasteiger partial charge < -0.3 is 4.90 Å². The van der Waals surface area contributed by atoms with Gasteiger partial charge in [-0.15, -0.1) is 0 Å². The van der Waals surface area contributed by atoms with Crippen molar-refractivity contribution in [3.8, 4) is 0 Å². The fourth-order valence-electron chi connectivity index (χ4n) is 1.66. The maximum atomic E-state index is 11.8. The van der Waals surface area contributed by atoms with Gasteiger partial charge in [0.1, 0.15) is 0 Å². The monoisotopic (exact) mass is 217 g/mol. The molecule has 1 aliphatic carbocycles. The Labute approximate surface area is 87.2 Å². The largest absolute Gasteiger partial charge is 0.341 e. The van der Waals surface area contributed by atoms with Crippen LogP contribution in [-0.4, -0.2) is 35.4 Å². The van der Waals surface area contributed by atoms with Gasteiger partial charge in [0, 0.05) is 30.5 Å². The van der Waals surface area contributed by atoms with Crippen LogP contribution in [0.1, 0.15) is 19.3 Å². The average molecular weight is 217 g/mol. The SMILES string of the molecule is O=C(C1CCC1)N1CCSSCC1. The second kappa shape index (κ2) is 4.60. The fraction of sp³-hybridized carbons (Fsp3) is 0.889. The smallest absolute Gasteiger partial charge is 0.225 e. The Morgan fingerprint density at radius 1 is 1.15 bits per heavy atom. The van der Waals surface area contributed by atoms with Crippen LogP contribution in [0, 0.1) is 5.92 Å². The number of carbonyl (C=O) groups excluding carboxylic acids is 1. The van der Waals surface area contributed by atoms with Gasteiger partial charge in [0.05, 0.1) is 0 Å². The van der Waals surface area contributed by atoms with Crippen molar-refractivity contribution < 1.29 is 4.79 Å². The van der Waals surface area contributed by atoms with Crippen molar-refractivity contribution in [3.63, 3.8) is 0 Å². The van der Waals surface area contributed by atoms with Crippen molar-refractivity contribution in [2.75, 3.05) is 24.6 Å². The zero-order valence-corrected chi connectivity index (χ0v) is 9.33. The van der Waals surface area contributed by atoms with Gasteiger partial charge >= 0.3 is 0 Å². The summed E-state index contributed by atoms with van der Waals surface area (Å²) in [5.74, 6) is 3.01. The molecule has 1 aliphatic heterocycles. The normalized spacial score (nSPS) is 25.1. The molecular weight excluding hydrogens is 202 g/mol. The van der Waals surface area contributed by atoms with Crippen LogP contribution in [0.2, 0.25) is 0 Å². The molecule has 1 heterocycles. The van der Waals surface area contributed by atoms with Crippen LogP contribution in [0.5, 0.6) is 0 Å². The highest BCUT2D eigenvalue weighted by atomic mass is 33.1. The van der Waals surface area contributed by atoms with Crippen LogP contribution in [-0.2, 0) is 4.79 Å². The van der Waals surface area contributed by atoms with Crippen molar-refractivity contribution in [1.29, 1.82) is 0 Å². The third-order valence-electron chi connectivity index (χ3n) is 2.74. The maximum Gasteiger partial charge on any atom is 0.225 e. The van der Waals surface area contributed by atoms with E-state index in [-0.39, 0.29) is 0 Å². The molecule has 2 fully saturated rings. The summed E-state index contributed by atoms with van der Waals surface area (Å²) in [7, 11) is 3.79. The van der Waals surface area contributed by atoms with E-state index in [4.69, 9.17) is 0 Å². The van der Waals surface area contributed by atoms with Gasteiger partial charge in [0.15, 0.2) is 0 Å². The summed E-state index contributed by atoms with van der Waals surface area (Å²) < 4.78 is 0. The maximum absolute atomic E-state index is 11.8. The van der Waals surface area contributed by atoms with Crippen LogP contribution >= 0.6 is 21.6 Å². The first-order chi connectivity index (χ1) is 6.38. The molecule has 0 radical (unpaired) electrons. The molecular formula is C9H15NOS2. The number of amides is 1. The Balaban J connectivity index is 1.85. The molecule has 1 saturated carbocycles. The zero-order chi connectivity index (χ0) is 9.10.